The molecular weight excluding hydrogens is 240 g/mol. The van der Waals surface area contributed by atoms with Crippen molar-refractivity contribution in [3.8, 4) is 0 Å². The molecule has 0 aliphatic heterocycles. The Hall–Kier alpha value is 0. The maximum absolute atomic E-state index is 2.38. The molecule has 7 atom stereocenters. The number of unbranched alkanes of at least 4 members (excludes halogenated alkanes) is 1. The predicted molar refractivity (Wildman–Crippen MR) is 85.5 cm³/mol. The van der Waals surface area contributed by atoms with Gasteiger partial charge >= 0.3 is 0 Å². The number of hydrogen-bond donors (Lipinski definition) is 0. The highest BCUT2D eigenvalue weighted by molar-refractivity contribution is 5.02. The van der Waals surface area contributed by atoms with Gasteiger partial charge in [0.25, 0.3) is 0 Å². The van der Waals surface area contributed by atoms with Gasteiger partial charge in [-0.3, -0.25) is 0 Å². The molecule has 0 bridgehead atoms. The van der Waals surface area contributed by atoms with E-state index in [4.69, 9.17) is 0 Å². The zero-order valence-electron chi connectivity index (χ0n) is 13.5. The molecule has 0 N–H and O–H groups in total. The van der Waals surface area contributed by atoms with E-state index in [1.54, 1.807) is 64.2 Å². The van der Waals surface area contributed by atoms with Crippen LogP contribution in [0.2, 0.25) is 0 Å². The lowest BCUT2D eigenvalue weighted by molar-refractivity contribution is -0.0978. The fourth-order valence-corrected chi connectivity index (χ4v) is 7.24. The molecule has 0 heteroatoms. The molecule has 0 spiro atoms. The minimum Gasteiger partial charge on any atom is -0.0654 e. The zero-order chi connectivity index (χ0) is 13.5. The molecule has 0 saturated heterocycles. The topological polar surface area (TPSA) is 0 Å². The van der Waals surface area contributed by atoms with Crippen LogP contribution >= 0.6 is 0 Å². The standard InChI is InChI=1S/C20H34/c1-2-3-5-14-8-9-17-11-10-15-6-4-7-16-12-13-18(14)20(17)19(15)16/h14-20H,2-13H2,1H3. The van der Waals surface area contributed by atoms with Crippen LogP contribution in [0.25, 0.3) is 0 Å². The van der Waals surface area contributed by atoms with Crippen LogP contribution in [-0.4, -0.2) is 0 Å². The van der Waals surface area contributed by atoms with Gasteiger partial charge in [-0.1, -0.05) is 45.4 Å². The highest BCUT2D eigenvalue weighted by Gasteiger charge is 2.52. The Bertz CT molecular complexity index is 327. The summed E-state index contributed by atoms with van der Waals surface area (Å²) in [6, 6.07) is 0. The van der Waals surface area contributed by atoms with E-state index < -0.39 is 0 Å². The monoisotopic (exact) mass is 274 g/mol. The smallest absolute Gasteiger partial charge is 0.0321 e. The van der Waals surface area contributed by atoms with Gasteiger partial charge in [0.05, 0.1) is 0 Å². The summed E-state index contributed by atoms with van der Waals surface area (Å²) in [4.78, 5) is 0. The van der Waals surface area contributed by atoms with Gasteiger partial charge < -0.3 is 0 Å². The quantitative estimate of drug-likeness (QED) is 0.587. The van der Waals surface area contributed by atoms with Gasteiger partial charge in [-0.15, -0.1) is 0 Å². The number of rotatable bonds is 3. The molecule has 0 aromatic heterocycles. The summed E-state index contributed by atoms with van der Waals surface area (Å²) in [7, 11) is 0. The summed E-state index contributed by atoms with van der Waals surface area (Å²) in [5, 5.41) is 0. The van der Waals surface area contributed by atoms with Crippen LogP contribution in [0.15, 0.2) is 0 Å². The van der Waals surface area contributed by atoms with E-state index in [0.717, 1.165) is 29.6 Å². The minimum absolute atomic E-state index is 1.12. The molecule has 4 aliphatic rings. The van der Waals surface area contributed by atoms with Crippen LogP contribution < -0.4 is 0 Å². The van der Waals surface area contributed by atoms with E-state index in [1.165, 1.54) is 24.7 Å². The van der Waals surface area contributed by atoms with Crippen molar-refractivity contribution < 1.29 is 0 Å². The second-order valence-electron chi connectivity index (χ2n) is 8.66. The maximum Gasteiger partial charge on any atom is -0.0321 e. The van der Waals surface area contributed by atoms with Crippen molar-refractivity contribution in [2.75, 3.05) is 0 Å². The van der Waals surface area contributed by atoms with Crippen LogP contribution in [0.3, 0.4) is 0 Å². The van der Waals surface area contributed by atoms with Gasteiger partial charge in [0, 0.05) is 0 Å². The van der Waals surface area contributed by atoms with E-state index in [0.29, 0.717) is 0 Å². The van der Waals surface area contributed by atoms with E-state index in [2.05, 4.69) is 6.92 Å². The average Bonchev–Trinajstić information content (AvgIpc) is 2.51. The molecule has 4 rings (SSSR count). The highest BCUT2D eigenvalue weighted by Crippen LogP contribution is 2.61. The van der Waals surface area contributed by atoms with Gasteiger partial charge in [0.15, 0.2) is 0 Å². The fraction of sp³-hybridized carbons (Fsp3) is 1.00. The first-order valence-electron chi connectivity index (χ1n) is 9.88. The third kappa shape index (κ3) is 2.17. The summed E-state index contributed by atoms with van der Waals surface area (Å²) >= 11 is 0. The molecule has 0 aromatic rings. The first-order chi connectivity index (χ1) is 9.88. The van der Waals surface area contributed by atoms with Crippen molar-refractivity contribution in [1.82, 2.24) is 0 Å². The summed E-state index contributed by atoms with van der Waals surface area (Å²) in [6.07, 6.45) is 18.8. The van der Waals surface area contributed by atoms with Crippen molar-refractivity contribution in [2.24, 2.45) is 41.4 Å². The molecule has 4 saturated carbocycles. The second kappa shape index (κ2) is 5.65. The third-order valence-electron chi connectivity index (χ3n) is 7.94. The Balaban J connectivity index is 1.56. The molecular formula is C20H34. The average molecular weight is 274 g/mol. The lowest BCUT2D eigenvalue weighted by Gasteiger charge is -2.59. The predicted octanol–water partition coefficient (Wildman–Crippen LogP) is 6.06. The Morgan fingerprint density at radius 3 is 2.10 bits per heavy atom. The van der Waals surface area contributed by atoms with E-state index >= 15 is 0 Å². The molecule has 7 unspecified atom stereocenters. The first-order valence-corrected chi connectivity index (χ1v) is 9.88. The van der Waals surface area contributed by atoms with Crippen LogP contribution in [0, 0.1) is 41.4 Å². The van der Waals surface area contributed by atoms with Gasteiger partial charge in [-0.2, -0.15) is 0 Å². The Labute approximate surface area is 126 Å². The minimum atomic E-state index is 1.12. The molecule has 4 aliphatic carbocycles. The van der Waals surface area contributed by atoms with E-state index in [-0.39, 0.29) is 0 Å². The normalized spacial score (nSPS) is 50.5. The zero-order valence-corrected chi connectivity index (χ0v) is 13.5. The van der Waals surface area contributed by atoms with Crippen molar-refractivity contribution in [1.29, 1.82) is 0 Å². The van der Waals surface area contributed by atoms with Gasteiger partial charge in [-0.05, 0) is 80.0 Å². The Morgan fingerprint density at radius 2 is 1.35 bits per heavy atom. The lowest BCUT2D eigenvalue weighted by Crippen LogP contribution is -2.51. The van der Waals surface area contributed by atoms with Crippen LogP contribution in [0.1, 0.15) is 84.0 Å². The Morgan fingerprint density at radius 1 is 0.700 bits per heavy atom. The molecule has 0 amide bonds. The molecule has 114 valence electrons. The van der Waals surface area contributed by atoms with E-state index in [1.807, 2.05) is 0 Å². The van der Waals surface area contributed by atoms with Gasteiger partial charge in [-0.25, -0.2) is 0 Å². The lowest BCUT2D eigenvalue weighted by atomic mass is 9.46. The summed E-state index contributed by atoms with van der Waals surface area (Å²) < 4.78 is 0. The maximum atomic E-state index is 2.38. The van der Waals surface area contributed by atoms with Crippen LogP contribution in [0.4, 0.5) is 0 Å². The van der Waals surface area contributed by atoms with Crippen molar-refractivity contribution in [3.05, 3.63) is 0 Å². The fourth-order valence-electron chi connectivity index (χ4n) is 7.24. The number of hydrogen-bond acceptors (Lipinski definition) is 0. The van der Waals surface area contributed by atoms with Crippen molar-refractivity contribution >= 4 is 0 Å². The van der Waals surface area contributed by atoms with Crippen molar-refractivity contribution in [3.63, 3.8) is 0 Å². The van der Waals surface area contributed by atoms with Crippen LogP contribution in [0.5, 0.6) is 0 Å². The SMILES string of the molecule is CCCCC1CCC2CCC3CCCC4CCC1C2C34. The largest absolute Gasteiger partial charge is 0.0654 e. The van der Waals surface area contributed by atoms with Crippen LogP contribution in [-0.2, 0) is 0 Å². The summed E-state index contributed by atoms with van der Waals surface area (Å²) in [5.41, 5.74) is 0. The highest BCUT2D eigenvalue weighted by atomic mass is 14.6. The van der Waals surface area contributed by atoms with Crippen molar-refractivity contribution in [2.45, 2.75) is 84.0 Å². The molecule has 4 fully saturated rings. The molecule has 0 nitrogen and oxygen atoms in total. The molecule has 0 aromatic carbocycles. The summed E-state index contributed by atoms with van der Waals surface area (Å²) in [6.45, 7) is 2.38. The Kier molecular flexibility index (Phi) is 3.86. The molecule has 0 heterocycles. The van der Waals surface area contributed by atoms with Gasteiger partial charge in [0.1, 0.15) is 0 Å². The third-order valence-corrected chi connectivity index (χ3v) is 7.94. The van der Waals surface area contributed by atoms with Gasteiger partial charge in [0.2, 0.25) is 0 Å². The van der Waals surface area contributed by atoms with E-state index in [9.17, 15) is 0 Å². The second-order valence-corrected chi connectivity index (χ2v) is 8.66. The first kappa shape index (κ1) is 13.6. The molecule has 20 heavy (non-hydrogen) atoms. The summed E-state index contributed by atoms with van der Waals surface area (Å²) in [5.74, 6) is 8.11. The molecule has 0 radical (unpaired) electrons.